The Morgan fingerprint density at radius 1 is 1.39 bits per heavy atom. The van der Waals surface area contributed by atoms with Gasteiger partial charge in [-0.1, -0.05) is 13.8 Å². The maximum atomic E-state index is 12.2. The van der Waals surface area contributed by atoms with Crippen LogP contribution in [0.5, 0.6) is 0 Å². The van der Waals surface area contributed by atoms with Crippen molar-refractivity contribution in [2.24, 2.45) is 11.8 Å². The summed E-state index contributed by atoms with van der Waals surface area (Å²) in [5.74, 6) is 0.890. The van der Waals surface area contributed by atoms with Crippen molar-refractivity contribution in [3.63, 3.8) is 0 Å². The minimum Gasteiger partial charge on any atom is -0.398 e. The molecule has 3 atom stereocenters. The summed E-state index contributed by atoms with van der Waals surface area (Å²) in [7, 11) is -3.57. The SMILES string of the molecule is CC1CCC(NS(=O)(=O)c2cnccc2N)C1C. The van der Waals surface area contributed by atoms with E-state index in [9.17, 15) is 8.42 Å². The number of aromatic nitrogens is 1. The van der Waals surface area contributed by atoms with E-state index < -0.39 is 10.0 Å². The Morgan fingerprint density at radius 3 is 2.67 bits per heavy atom. The van der Waals surface area contributed by atoms with Crippen LogP contribution in [0.3, 0.4) is 0 Å². The molecule has 18 heavy (non-hydrogen) atoms. The molecule has 1 heterocycles. The average Bonchev–Trinajstić information content (AvgIpc) is 2.61. The first-order chi connectivity index (χ1) is 8.42. The van der Waals surface area contributed by atoms with Gasteiger partial charge in [-0.05, 0) is 30.7 Å². The average molecular weight is 269 g/mol. The molecule has 0 aromatic carbocycles. The first-order valence-electron chi connectivity index (χ1n) is 6.13. The summed E-state index contributed by atoms with van der Waals surface area (Å²) in [6.07, 6.45) is 4.70. The number of hydrogen-bond donors (Lipinski definition) is 2. The van der Waals surface area contributed by atoms with Crippen molar-refractivity contribution < 1.29 is 8.42 Å². The third-order valence-electron chi connectivity index (χ3n) is 3.88. The Hall–Kier alpha value is -1.14. The highest BCUT2D eigenvalue weighted by molar-refractivity contribution is 7.89. The van der Waals surface area contributed by atoms with Crippen molar-refractivity contribution in [1.82, 2.24) is 9.71 Å². The largest absolute Gasteiger partial charge is 0.398 e. The Bertz CT molecular complexity index is 530. The second kappa shape index (κ2) is 4.85. The lowest BCUT2D eigenvalue weighted by Crippen LogP contribution is -2.37. The van der Waals surface area contributed by atoms with E-state index in [0.717, 1.165) is 12.8 Å². The molecule has 1 aromatic heterocycles. The number of nitrogen functional groups attached to an aromatic ring is 1. The van der Waals surface area contributed by atoms with Crippen molar-refractivity contribution in [2.75, 3.05) is 5.73 Å². The molecule has 3 unspecified atom stereocenters. The molecule has 2 rings (SSSR count). The molecule has 0 amide bonds. The van der Waals surface area contributed by atoms with Gasteiger partial charge in [0.05, 0.1) is 5.69 Å². The Balaban J connectivity index is 2.21. The van der Waals surface area contributed by atoms with Gasteiger partial charge >= 0.3 is 0 Å². The van der Waals surface area contributed by atoms with E-state index in [0.29, 0.717) is 11.8 Å². The molecule has 1 fully saturated rings. The lowest BCUT2D eigenvalue weighted by molar-refractivity contribution is 0.402. The van der Waals surface area contributed by atoms with Crippen LogP contribution in [0.15, 0.2) is 23.4 Å². The molecule has 100 valence electrons. The summed E-state index contributed by atoms with van der Waals surface area (Å²) >= 11 is 0. The number of nitrogens with one attached hydrogen (secondary N) is 1. The summed E-state index contributed by atoms with van der Waals surface area (Å²) in [6, 6.07) is 1.49. The van der Waals surface area contributed by atoms with E-state index in [-0.39, 0.29) is 16.6 Å². The number of rotatable bonds is 3. The summed E-state index contributed by atoms with van der Waals surface area (Å²) in [4.78, 5) is 3.89. The van der Waals surface area contributed by atoms with Crippen LogP contribution < -0.4 is 10.5 Å². The van der Waals surface area contributed by atoms with Crippen molar-refractivity contribution in [1.29, 1.82) is 0 Å². The molecule has 1 aromatic rings. The summed E-state index contributed by atoms with van der Waals surface area (Å²) in [6.45, 7) is 4.23. The van der Waals surface area contributed by atoms with Crippen molar-refractivity contribution in [2.45, 2.75) is 37.6 Å². The van der Waals surface area contributed by atoms with Crippen molar-refractivity contribution in [3.05, 3.63) is 18.5 Å². The molecule has 6 heteroatoms. The van der Waals surface area contributed by atoms with Gasteiger partial charge in [0, 0.05) is 18.4 Å². The second-order valence-corrected chi connectivity index (χ2v) is 6.74. The monoisotopic (exact) mass is 269 g/mol. The van der Waals surface area contributed by atoms with Gasteiger partial charge in [-0.25, -0.2) is 13.1 Å². The highest BCUT2D eigenvalue weighted by Gasteiger charge is 2.33. The number of nitrogens with two attached hydrogens (primary N) is 1. The van der Waals surface area contributed by atoms with Crippen LogP contribution in [-0.4, -0.2) is 19.4 Å². The molecule has 1 saturated carbocycles. The quantitative estimate of drug-likeness (QED) is 0.868. The number of nitrogens with zero attached hydrogens (tertiary/aromatic N) is 1. The molecular weight excluding hydrogens is 250 g/mol. The van der Waals surface area contributed by atoms with Crippen molar-refractivity contribution >= 4 is 15.7 Å². The zero-order valence-corrected chi connectivity index (χ0v) is 11.4. The molecular formula is C12H19N3O2S. The fourth-order valence-corrected chi connectivity index (χ4v) is 3.85. The minimum atomic E-state index is -3.57. The van der Waals surface area contributed by atoms with Crippen LogP contribution in [0.4, 0.5) is 5.69 Å². The van der Waals surface area contributed by atoms with Crippen LogP contribution >= 0.6 is 0 Å². The topological polar surface area (TPSA) is 85.1 Å². The predicted molar refractivity (Wildman–Crippen MR) is 70.3 cm³/mol. The van der Waals surface area contributed by atoms with Gasteiger partial charge in [0.2, 0.25) is 10.0 Å². The number of anilines is 1. The molecule has 1 aliphatic carbocycles. The molecule has 0 aliphatic heterocycles. The van der Waals surface area contributed by atoms with E-state index >= 15 is 0 Å². The lowest BCUT2D eigenvalue weighted by atomic mass is 9.98. The van der Waals surface area contributed by atoms with Crippen LogP contribution in [0, 0.1) is 11.8 Å². The van der Waals surface area contributed by atoms with E-state index in [2.05, 4.69) is 23.6 Å². The highest BCUT2D eigenvalue weighted by Crippen LogP contribution is 2.32. The molecule has 0 radical (unpaired) electrons. The van der Waals surface area contributed by atoms with Gasteiger partial charge in [0.25, 0.3) is 0 Å². The normalized spacial score (nSPS) is 28.4. The molecule has 0 spiro atoms. The number of sulfonamides is 1. The first kappa shape index (κ1) is 13.3. The van der Waals surface area contributed by atoms with Crippen LogP contribution in [0.1, 0.15) is 26.7 Å². The van der Waals surface area contributed by atoms with Crippen molar-refractivity contribution in [3.8, 4) is 0 Å². The fraction of sp³-hybridized carbons (Fsp3) is 0.583. The molecule has 0 saturated heterocycles. The second-order valence-electron chi connectivity index (χ2n) is 5.06. The van der Waals surface area contributed by atoms with Crippen LogP contribution in [0.2, 0.25) is 0 Å². The Labute approximate surface area is 108 Å². The summed E-state index contributed by atoms with van der Waals surface area (Å²) in [5, 5.41) is 0. The smallest absolute Gasteiger partial charge is 0.244 e. The third-order valence-corrected chi connectivity index (χ3v) is 5.41. The Kier molecular flexibility index (Phi) is 3.59. The van der Waals surface area contributed by atoms with Gasteiger partial charge in [0.15, 0.2) is 0 Å². The van der Waals surface area contributed by atoms with E-state index in [1.54, 1.807) is 0 Å². The third kappa shape index (κ3) is 2.49. The summed E-state index contributed by atoms with van der Waals surface area (Å²) < 4.78 is 27.2. The van der Waals surface area contributed by atoms with Crippen LogP contribution in [-0.2, 0) is 10.0 Å². The maximum Gasteiger partial charge on any atom is 0.244 e. The molecule has 3 N–H and O–H groups in total. The highest BCUT2D eigenvalue weighted by atomic mass is 32.2. The molecule has 0 bridgehead atoms. The lowest BCUT2D eigenvalue weighted by Gasteiger charge is -2.19. The number of hydrogen-bond acceptors (Lipinski definition) is 4. The van der Waals surface area contributed by atoms with Gasteiger partial charge < -0.3 is 5.73 Å². The van der Waals surface area contributed by atoms with E-state index in [1.807, 2.05) is 0 Å². The fourth-order valence-electron chi connectivity index (χ4n) is 2.41. The van der Waals surface area contributed by atoms with Gasteiger partial charge in [-0.15, -0.1) is 0 Å². The first-order valence-corrected chi connectivity index (χ1v) is 7.62. The molecule has 1 aliphatic rings. The minimum absolute atomic E-state index is 0.00962. The zero-order valence-electron chi connectivity index (χ0n) is 10.6. The molecule has 5 nitrogen and oxygen atoms in total. The van der Waals surface area contributed by atoms with E-state index in [1.165, 1.54) is 18.5 Å². The van der Waals surface area contributed by atoms with Gasteiger partial charge in [0.1, 0.15) is 4.90 Å². The van der Waals surface area contributed by atoms with Gasteiger partial charge in [-0.2, -0.15) is 0 Å². The van der Waals surface area contributed by atoms with Crippen LogP contribution in [0.25, 0.3) is 0 Å². The van der Waals surface area contributed by atoms with E-state index in [4.69, 9.17) is 5.73 Å². The zero-order chi connectivity index (χ0) is 13.3. The maximum absolute atomic E-state index is 12.2. The Morgan fingerprint density at radius 2 is 2.11 bits per heavy atom. The standard InChI is InChI=1S/C12H19N3O2S/c1-8-3-4-11(9(8)2)15-18(16,17)12-7-14-6-5-10(12)13/h5-9,11,15H,3-4H2,1-2H3,(H2,13,14). The summed E-state index contributed by atoms with van der Waals surface area (Å²) in [5.41, 5.74) is 5.92. The predicted octanol–water partition coefficient (Wildman–Crippen LogP) is 1.38. The number of pyridine rings is 1. The van der Waals surface area contributed by atoms with Gasteiger partial charge in [-0.3, -0.25) is 4.98 Å².